The fourth-order valence-corrected chi connectivity index (χ4v) is 8.26. The molecule has 0 aliphatic heterocycles. The lowest BCUT2D eigenvalue weighted by atomic mass is 10.4. The second-order valence-electron chi connectivity index (χ2n) is 6.63. The molecule has 0 unspecified atom stereocenters. The van der Waals surface area contributed by atoms with E-state index in [-0.39, 0.29) is 10.4 Å². The summed E-state index contributed by atoms with van der Waals surface area (Å²) in [5, 5.41) is 0.791. The van der Waals surface area contributed by atoms with Crippen LogP contribution in [-0.4, -0.2) is 60.4 Å². The molecule has 0 saturated heterocycles. The highest BCUT2D eigenvalue weighted by Gasteiger charge is 2.52. The zero-order valence-electron chi connectivity index (χ0n) is 18.7. The molecular weight excluding hydrogens is 444 g/mol. The van der Waals surface area contributed by atoms with E-state index in [2.05, 4.69) is 0 Å². The van der Waals surface area contributed by atoms with Crippen LogP contribution in [0.3, 0.4) is 0 Å². The molecule has 0 N–H and O–H groups in total. The first-order valence-electron chi connectivity index (χ1n) is 9.74. The first-order valence-corrected chi connectivity index (χ1v) is 11.7. The number of esters is 4. The van der Waals surface area contributed by atoms with Gasteiger partial charge in [-0.05, 0) is 10.4 Å². The number of carbonyl (C=O) groups is 4. The zero-order chi connectivity index (χ0) is 24.4. The normalized spacial score (nSPS) is 11.9. The maximum atomic E-state index is 13.2. The van der Waals surface area contributed by atoms with Crippen LogP contribution in [0.4, 0.5) is 0 Å². The minimum atomic E-state index is -3.96. The van der Waals surface area contributed by atoms with Gasteiger partial charge in [0.2, 0.25) is 0 Å². The molecule has 2 aromatic rings. The Balaban J connectivity index is 3.21. The van der Waals surface area contributed by atoms with Gasteiger partial charge in [0, 0.05) is 22.5 Å². The van der Waals surface area contributed by atoms with Gasteiger partial charge in [0.05, 0.1) is 28.4 Å². The summed E-state index contributed by atoms with van der Waals surface area (Å²) >= 11 is 0. The smallest absolute Gasteiger partial charge is 0.331 e. The average Bonchev–Trinajstić information content (AvgIpc) is 2.87. The van der Waals surface area contributed by atoms with E-state index in [1.807, 2.05) is 0 Å². The zero-order valence-corrected chi connectivity index (χ0v) is 19.7. The Morgan fingerprint density at radius 2 is 0.909 bits per heavy atom. The first-order chi connectivity index (χ1) is 15.9. The molecule has 33 heavy (non-hydrogen) atoms. The van der Waals surface area contributed by atoms with Crippen LogP contribution in [0, 0.1) is 0 Å². The highest BCUT2D eigenvalue weighted by atomic mass is 28.3. The molecule has 0 radical (unpaired) electrons. The van der Waals surface area contributed by atoms with Gasteiger partial charge < -0.3 is 18.9 Å². The van der Waals surface area contributed by atoms with Crippen molar-refractivity contribution in [2.75, 3.05) is 28.4 Å². The van der Waals surface area contributed by atoms with Crippen LogP contribution in [0.1, 0.15) is 0 Å². The lowest BCUT2D eigenvalue weighted by molar-refractivity contribution is -0.138. The molecule has 172 valence electrons. The number of ether oxygens (including phenoxy) is 4. The molecule has 0 fully saturated rings. The third kappa shape index (κ3) is 5.26. The number of methoxy groups -OCH3 is 4. The maximum absolute atomic E-state index is 13.2. The lowest BCUT2D eigenvalue weighted by Crippen LogP contribution is -2.65. The second kappa shape index (κ2) is 11.6. The van der Waals surface area contributed by atoms with Gasteiger partial charge in [-0.15, -0.1) is 0 Å². The first kappa shape index (κ1) is 25.3. The lowest BCUT2D eigenvalue weighted by Gasteiger charge is -2.35. The van der Waals surface area contributed by atoms with Crippen LogP contribution in [-0.2, 0) is 38.1 Å². The Labute approximate surface area is 192 Å². The number of carbonyl (C=O) groups excluding carboxylic acids is 4. The van der Waals surface area contributed by atoms with Crippen LogP contribution >= 0.6 is 0 Å². The summed E-state index contributed by atoms with van der Waals surface area (Å²) in [6, 6.07) is 17.3. The van der Waals surface area contributed by atoms with Gasteiger partial charge in [-0.2, -0.15) is 0 Å². The van der Waals surface area contributed by atoms with Crippen molar-refractivity contribution in [2.45, 2.75) is 0 Å². The highest BCUT2D eigenvalue weighted by Crippen LogP contribution is 2.27. The predicted molar refractivity (Wildman–Crippen MR) is 122 cm³/mol. The Bertz CT molecular complexity index is 987. The van der Waals surface area contributed by atoms with Crippen molar-refractivity contribution in [3.63, 3.8) is 0 Å². The van der Waals surface area contributed by atoms with Crippen LogP contribution in [0.25, 0.3) is 0 Å². The van der Waals surface area contributed by atoms with Gasteiger partial charge in [-0.3, -0.25) is 0 Å². The summed E-state index contributed by atoms with van der Waals surface area (Å²) < 4.78 is 19.6. The molecule has 0 spiro atoms. The second-order valence-corrected chi connectivity index (χ2v) is 10.4. The van der Waals surface area contributed by atoms with Crippen molar-refractivity contribution in [1.29, 1.82) is 0 Å². The SMILES string of the molecule is COC(=O)/C=C(\C(=O)OC)[Si](/C(=C/C(=O)OC)C(=O)OC)(c1ccccc1)c1ccccc1. The Morgan fingerprint density at radius 1 is 0.576 bits per heavy atom. The minimum absolute atomic E-state index is 0.130. The summed E-state index contributed by atoms with van der Waals surface area (Å²) in [6.07, 6.45) is 1.98. The molecule has 0 amide bonds. The number of hydrogen-bond donors (Lipinski definition) is 0. The summed E-state index contributed by atoms with van der Waals surface area (Å²) in [4.78, 5) is 51.1. The summed E-state index contributed by atoms with van der Waals surface area (Å²) in [6.45, 7) is 0. The van der Waals surface area contributed by atoms with Crippen molar-refractivity contribution in [3.8, 4) is 0 Å². The Kier molecular flexibility index (Phi) is 8.87. The highest BCUT2D eigenvalue weighted by molar-refractivity contribution is 7.16. The van der Waals surface area contributed by atoms with Gasteiger partial charge in [-0.25, -0.2) is 19.2 Å². The van der Waals surface area contributed by atoms with Crippen molar-refractivity contribution >= 4 is 42.3 Å². The van der Waals surface area contributed by atoms with Crippen LogP contribution < -0.4 is 10.4 Å². The fourth-order valence-electron chi connectivity index (χ4n) is 3.52. The van der Waals surface area contributed by atoms with Crippen molar-refractivity contribution < 1.29 is 38.1 Å². The van der Waals surface area contributed by atoms with E-state index in [0.717, 1.165) is 40.6 Å². The van der Waals surface area contributed by atoms with Crippen LogP contribution in [0.15, 0.2) is 83.2 Å². The molecule has 9 heteroatoms. The summed E-state index contributed by atoms with van der Waals surface area (Å²) in [5.41, 5.74) is 0. The van der Waals surface area contributed by atoms with E-state index in [0.29, 0.717) is 10.4 Å². The molecule has 0 aliphatic rings. The standard InChI is InChI=1S/C24H24O8Si/c1-29-21(25)15-19(23(27)31-3)33(17-11-7-5-8-12-17,18-13-9-6-10-14-18)20(24(28)32-4)16-22(26)30-2/h5-16H,1-4H3/b19-15+,20-16+. The van der Waals surface area contributed by atoms with E-state index < -0.39 is 32.0 Å². The molecule has 2 aromatic carbocycles. The van der Waals surface area contributed by atoms with Crippen LogP contribution in [0.2, 0.25) is 0 Å². The maximum Gasteiger partial charge on any atom is 0.331 e. The third-order valence-corrected chi connectivity index (χ3v) is 9.67. The molecule has 0 atom stereocenters. The molecule has 0 aromatic heterocycles. The quantitative estimate of drug-likeness (QED) is 0.243. The van der Waals surface area contributed by atoms with E-state index in [1.165, 1.54) is 0 Å². The molecule has 0 heterocycles. The van der Waals surface area contributed by atoms with Gasteiger partial charge in [-0.1, -0.05) is 60.7 Å². The van der Waals surface area contributed by atoms with Gasteiger partial charge in [0.25, 0.3) is 0 Å². The van der Waals surface area contributed by atoms with Gasteiger partial charge in [0.1, 0.15) is 0 Å². The summed E-state index contributed by atoms with van der Waals surface area (Å²) in [5.74, 6) is -3.39. The van der Waals surface area contributed by atoms with E-state index in [9.17, 15) is 19.2 Å². The minimum Gasteiger partial charge on any atom is -0.466 e. The predicted octanol–water partition coefficient (Wildman–Crippen LogP) is 0.873. The van der Waals surface area contributed by atoms with Crippen LogP contribution in [0.5, 0.6) is 0 Å². The topological polar surface area (TPSA) is 105 Å². The number of benzene rings is 2. The number of hydrogen-bond acceptors (Lipinski definition) is 8. The van der Waals surface area contributed by atoms with E-state index in [4.69, 9.17) is 18.9 Å². The molecular formula is C24H24O8Si. The van der Waals surface area contributed by atoms with Gasteiger partial charge in [0.15, 0.2) is 8.07 Å². The fraction of sp³-hybridized carbons (Fsp3) is 0.167. The van der Waals surface area contributed by atoms with Crippen molar-refractivity contribution in [3.05, 3.63) is 83.2 Å². The number of rotatable bonds is 8. The molecule has 2 rings (SSSR count). The monoisotopic (exact) mass is 468 g/mol. The Hall–Kier alpha value is -3.98. The van der Waals surface area contributed by atoms with Crippen molar-refractivity contribution in [1.82, 2.24) is 0 Å². The molecule has 0 aliphatic carbocycles. The molecule has 0 bridgehead atoms. The van der Waals surface area contributed by atoms with E-state index >= 15 is 0 Å². The molecule has 8 nitrogen and oxygen atoms in total. The largest absolute Gasteiger partial charge is 0.466 e. The average molecular weight is 469 g/mol. The third-order valence-electron chi connectivity index (χ3n) is 4.96. The van der Waals surface area contributed by atoms with Crippen molar-refractivity contribution in [2.24, 2.45) is 0 Å². The van der Waals surface area contributed by atoms with Gasteiger partial charge >= 0.3 is 23.9 Å². The summed E-state index contributed by atoms with van der Waals surface area (Å²) in [7, 11) is 0.673. The van der Waals surface area contributed by atoms with E-state index in [1.54, 1.807) is 60.7 Å². The Morgan fingerprint density at radius 3 is 1.18 bits per heavy atom. The molecule has 0 saturated carbocycles.